The van der Waals surface area contributed by atoms with Gasteiger partial charge in [0.15, 0.2) is 17.3 Å². The van der Waals surface area contributed by atoms with Crippen LogP contribution in [0.5, 0.6) is 23.0 Å². The minimum absolute atomic E-state index is 0.140. The van der Waals surface area contributed by atoms with Crippen LogP contribution >= 0.6 is 11.6 Å². The summed E-state index contributed by atoms with van der Waals surface area (Å²) in [5.74, 6) is 2.82. The summed E-state index contributed by atoms with van der Waals surface area (Å²) < 4.78 is 22.8. The molecule has 0 saturated carbocycles. The topological polar surface area (TPSA) is 57.2 Å². The number of ketones is 1. The van der Waals surface area contributed by atoms with E-state index in [-0.39, 0.29) is 18.3 Å². The van der Waals surface area contributed by atoms with Crippen LogP contribution in [0.15, 0.2) is 60.4 Å². The van der Waals surface area contributed by atoms with E-state index < -0.39 is 0 Å². The Kier molecular flexibility index (Phi) is 4.97. The molecule has 7 heteroatoms. The van der Waals surface area contributed by atoms with Crippen LogP contribution in [0.25, 0.3) is 6.08 Å². The number of fused-ring (bicyclic) bond motifs is 4. The molecule has 6 rings (SSSR count). The van der Waals surface area contributed by atoms with Gasteiger partial charge in [0.05, 0.1) is 11.1 Å². The van der Waals surface area contributed by atoms with E-state index in [0.29, 0.717) is 36.1 Å². The van der Waals surface area contributed by atoms with Crippen LogP contribution < -0.4 is 18.9 Å². The Balaban J connectivity index is 1.23. The van der Waals surface area contributed by atoms with Gasteiger partial charge in [-0.1, -0.05) is 35.9 Å². The van der Waals surface area contributed by atoms with Gasteiger partial charge in [0.1, 0.15) is 18.2 Å². The summed E-state index contributed by atoms with van der Waals surface area (Å²) in [4.78, 5) is 15.2. The number of ether oxygens (including phenoxy) is 4. The second-order valence-electron chi connectivity index (χ2n) is 8.14. The first-order valence-electron chi connectivity index (χ1n) is 10.7. The van der Waals surface area contributed by atoms with Crippen molar-refractivity contribution in [2.75, 3.05) is 20.1 Å². The molecule has 3 aliphatic rings. The van der Waals surface area contributed by atoms with Crippen molar-refractivity contribution < 1.29 is 23.7 Å². The predicted octanol–water partition coefficient (Wildman–Crippen LogP) is 5.08. The monoisotopic (exact) mass is 461 g/mol. The number of carbonyl (C=O) groups is 1. The average Bonchev–Trinajstić information content (AvgIpc) is 3.43. The summed E-state index contributed by atoms with van der Waals surface area (Å²) in [6.07, 6.45) is 2.54. The molecule has 3 heterocycles. The first-order valence-corrected chi connectivity index (χ1v) is 11.1. The van der Waals surface area contributed by atoms with E-state index in [9.17, 15) is 4.79 Å². The number of carbonyl (C=O) groups excluding carboxylic acids is 1. The molecule has 166 valence electrons. The van der Waals surface area contributed by atoms with Gasteiger partial charge < -0.3 is 18.9 Å². The summed E-state index contributed by atoms with van der Waals surface area (Å²) in [5.41, 5.74) is 3.35. The first-order chi connectivity index (χ1) is 16.2. The molecule has 3 aliphatic heterocycles. The molecule has 6 nitrogen and oxygen atoms in total. The van der Waals surface area contributed by atoms with Crippen LogP contribution in [0.1, 0.15) is 27.0 Å². The van der Waals surface area contributed by atoms with Gasteiger partial charge in [-0.25, -0.2) is 0 Å². The molecule has 33 heavy (non-hydrogen) atoms. The fourth-order valence-electron chi connectivity index (χ4n) is 4.28. The highest BCUT2D eigenvalue weighted by molar-refractivity contribution is 6.31. The van der Waals surface area contributed by atoms with Crippen LogP contribution in [0, 0.1) is 0 Å². The van der Waals surface area contributed by atoms with Gasteiger partial charge in [-0.05, 0) is 54.0 Å². The standard InChI is InChI=1S/C26H20ClNO5/c27-20-4-2-1-3-17(20)9-10-28-13-19-21(30-14-28)8-6-18-25(29)24(33-26(18)19)12-16-5-7-22-23(11-16)32-15-31-22/h1-8,11-12H,9-10,13-15H2/b24-12-. The molecule has 0 spiro atoms. The number of allylic oxidation sites excluding steroid dienone is 1. The van der Waals surface area contributed by atoms with Gasteiger partial charge in [0, 0.05) is 18.1 Å². The third-order valence-corrected chi connectivity index (χ3v) is 6.40. The Morgan fingerprint density at radius 3 is 2.73 bits per heavy atom. The highest BCUT2D eigenvalue weighted by atomic mass is 35.5. The number of Topliss-reactive ketones (excluding diaryl/α,β-unsaturated/α-hetero) is 1. The van der Waals surface area contributed by atoms with Crippen LogP contribution in [0.4, 0.5) is 0 Å². The third-order valence-electron chi connectivity index (χ3n) is 6.03. The molecule has 3 aromatic carbocycles. The number of halogens is 1. The minimum Gasteiger partial charge on any atom is -0.478 e. The zero-order valence-corrected chi connectivity index (χ0v) is 18.4. The van der Waals surface area contributed by atoms with Gasteiger partial charge >= 0.3 is 0 Å². The largest absolute Gasteiger partial charge is 0.478 e. The summed E-state index contributed by atoms with van der Waals surface area (Å²) in [7, 11) is 0. The van der Waals surface area contributed by atoms with E-state index in [2.05, 4.69) is 4.90 Å². The molecule has 0 radical (unpaired) electrons. The highest BCUT2D eigenvalue weighted by Crippen LogP contribution is 2.42. The van der Waals surface area contributed by atoms with E-state index in [0.717, 1.165) is 40.4 Å². The van der Waals surface area contributed by atoms with Crippen LogP contribution in [-0.2, 0) is 13.0 Å². The Morgan fingerprint density at radius 2 is 1.82 bits per heavy atom. The number of hydrogen-bond acceptors (Lipinski definition) is 6. The highest BCUT2D eigenvalue weighted by Gasteiger charge is 2.33. The molecule has 0 unspecified atom stereocenters. The van der Waals surface area contributed by atoms with Crippen LogP contribution in [-0.4, -0.2) is 30.8 Å². The maximum Gasteiger partial charge on any atom is 0.231 e. The Labute approximate surface area is 195 Å². The van der Waals surface area contributed by atoms with Crippen molar-refractivity contribution in [3.05, 3.63) is 87.6 Å². The Hall–Kier alpha value is -3.48. The van der Waals surface area contributed by atoms with E-state index in [1.807, 2.05) is 48.5 Å². The molecule has 0 saturated heterocycles. The van der Waals surface area contributed by atoms with Gasteiger partial charge in [0.25, 0.3) is 0 Å². The Morgan fingerprint density at radius 1 is 0.970 bits per heavy atom. The predicted molar refractivity (Wildman–Crippen MR) is 123 cm³/mol. The maximum atomic E-state index is 13.0. The number of nitrogens with zero attached hydrogens (tertiary/aromatic N) is 1. The van der Waals surface area contributed by atoms with E-state index >= 15 is 0 Å². The smallest absolute Gasteiger partial charge is 0.231 e. The lowest BCUT2D eigenvalue weighted by Crippen LogP contribution is -2.33. The van der Waals surface area contributed by atoms with Crippen molar-refractivity contribution in [3.63, 3.8) is 0 Å². The van der Waals surface area contributed by atoms with Crippen molar-refractivity contribution in [3.8, 4) is 23.0 Å². The molecule has 0 amide bonds. The number of benzene rings is 3. The van der Waals surface area contributed by atoms with E-state index in [1.165, 1.54) is 0 Å². The van der Waals surface area contributed by atoms with Gasteiger partial charge in [-0.3, -0.25) is 9.69 Å². The second-order valence-corrected chi connectivity index (χ2v) is 8.55. The molecule has 0 fully saturated rings. The molecule has 3 aromatic rings. The Bertz CT molecular complexity index is 1300. The lowest BCUT2D eigenvalue weighted by Gasteiger charge is -2.29. The maximum absolute atomic E-state index is 13.0. The van der Waals surface area contributed by atoms with Crippen molar-refractivity contribution in [1.82, 2.24) is 4.90 Å². The molecule has 0 bridgehead atoms. The third kappa shape index (κ3) is 3.71. The van der Waals surface area contributed by atoms with Gasteiger partial charge in [-0.15, -0.1) is 0 Å². The summed E-state index contributed by atoms with van der Waals surface area (Å²) >= 11 is 6.30. The number of hydrogen-bond donors (Lipinski definition) is 0. The van der Waals surface area contributed by atoms with Crippen molar-refractivity contribution in [1.29, 1.82) is 0 Å². The quantitative estimate of drug-likeness (QED) is 0.505. The van der Waals surface area contributed by atoms with Crippen LogP contribution in [0.3, 0.4) is 0 Å². The van der Waals surface area contributed by atoms with Crippen LogP contribution in [0.2, 0.25) is 5.02 Å². The second kappa shape index (κ2) is 8.14. The van der Waals surface area contributed by atoms with Gasteiger partial charge in [-0.2, -0.15) is 0 Å². The lowest BCUT2D eigenvalue weighted by molar-refractivity contribution is 0.0950. The fraction of sp³-hybridized carbons (Fsp3) is 0.192. The zero-order chi connectivity index (χ0) is 22.4. The minimum atomic E-state index is -0.140. The summed E-state index contributed by atoms with van der Waals surface area (Å²) in [5, 5.41) is 0.768. The van der Waals surface area contributed by atoms with E-state index in [4.69, 9.17) is 30.5 Å². The molecule has 0 atom stereocenters. The van der Waals surface area contributed by atoms with Crippen molar-refractivity contribution in [2.45, 2.75) is 13.0 Å². The molecule has 0 aromatic heterocycles. The first kappa shape index (κ1) is 20.1. The normalized spacial score (nSPS) is 17.5. The molecular weight excluding hydrogens is 442 g/mol. The SMILES string of the molecule is O=C1/C(=C/c2ccc3c(c2)OCO3)Oc2c1ccc1c2CN(CCc2ccccc2Cl)CO1. The van der Waals surface area contributed by atoms with E-state index in [1.54, 1.807) is 12.1 Å². The molecular formula is C26H20ClNO5. The van der Waals surface area contributed by atoms with Crippen molar-refractivity contribution in [2.24, 2.45) is 0 Å². The zero-order valence-electron chi connectivity index (χ0n) is 17.7. The summed E-state index contributed by atoms with van der Waals surface area (Å²) in [6.45, 7) is 2.09. The fourth-order valence-corrected chi connectivity index (χ4v) is 4.51. The molecule has 0 aliphatic carbocycles. The lowest BCUT2D eigenvalue weighted by atomic mass is 10.0. The average molecular weight is 462 g/mol. The summed E-state index contributed by atoms with van der Waals surface area (Å²) in [6, 6.07) is 17.0. The number of rotatable bonds is 4. The van der Waals surface area contributed by atoms with Gasteiger partial charge in [0.2, 0.25) is 12.6 Å². The van der Waals surface area contributed by atoms with Crippen molar-refractivity contribution >= 4 is 23.5 Å². The molecule has 0 N–H and O–H groups in total.